The monoisotopic (exact) mass is 472 g/mol. The highest BCUT2D eigenvalue weighted by atomic mass is 35.5. The summed E-state index contributed by atoms with van der Waals surface area (Å²) in [7, 11) is 3.19. The number of esters is 1. The Labute approximate surface area is 198 Å². The molecule has 0 unspecified atom stereocenters. The van der Waals surface area contributed by atoms with Crippen LogP contribution in [-0.4, -0.2) is 73.8 Å². The average Bonchev–Trinajstić information content (AvgIpc) is 3.26. The van der Waals surface area contributed by atoms with E-state index >= 15 is 0 Å². The van der Waals surface area contributed by atoms with Crippen molar-refractivity contribution in [3.63, 3.8) is 0 Å². The SMILES string of the molecule is CCOC(=O)CCN1CCN(c2ccn3cc(-c4cc(Cl)c(OC)cc4OC)nc3c2)CC1. The molecule has 1 fully saturated rings. The van der Waals surface area contributed by atoms with Crippen molar-refractivity contribution in [2.75, 3.05) is 58.5 Å². The first-order valence-corrected chi connectivity index (χ1v) is 11.4. The van der Waals surface area contributed by atoms with Crippen molar-refractivity contribution >= 4 is 28.9 Å². The summed E-state index contributed by atoms with van der Waals surface area (Å²) in [4.78, 5) is 21.1. The minimum Gasteiger partial charge on any atom is -0.496 e. The second-order valence-electron chi connectivity index (χ2n) is 7.85. The van der Waals surface area contributed by atoms with Crippen LogP contribution in [0.25, 0.3) is 16.9 Å². The third-order valence-corrected chi connectivity index (χ3v) is 6.16. The number of hydrogen-bond donors (Lipinski definition) is 0. The molecule has 0 aliphatic carbocycles. The zero-order valence-corrected chi connectivity index (χ0v) is 20.0. The molecule has 1 aliphatic rings. The van der Waals surface area contributed by atoms with Crippen molar-refractivity contribution in [2.24, 2.45) is 0 Å². The molecular formula is C24H29ClN4O4. The Morgan fingerprint density at radius 1 is 1.09 bits per heavy atom. The Hall–Kier alpha value is -2.97. The Morgan fingerprint density at radius 3 is 2.55 bits per heavy atom. The number of pyridine rings is 1. The minimum atomic E-state index is -0.129. The predicted octanol–water partition coefficient (Wildman–Crippen LogP) is 3.75. The number of benzene rings is 1. The molecule has 0 atom stereocenters. The summed E-state index contributed by atoms with van der Waals surface area (Å²) < 4.78 is 17.9. The number of halogens is 1. The van der Waals surface area contributed by atoms with E-state index < -0.39 is 0 Å². The maximum Gasteiger partial charge on any atom is 0.307 e. The summed E-state index contributed by atoms with van der Waals surface area (Å²) in [5.41, 5.74) is 3.56. The first-order valence-electron chi connectivity index (χ1n) is 11.1. The van der Waals surface area contributed by atoms with Gasteiger partial charge >= 0.3 is 5.97 Å². The van der Waals surface area contributed by atoms with Crippen molar-refractivity contribution in [3.05, 3.63) is 41.7 Å². The van der Waals surface area contributed by atoms with Gasteiger partial charge in [0.1, 0.15) is 17.1 Å². The third kappa shape index (κ3) is 5.17. The van der Waals surface area contributed by atoms with E-state index in [9.17, 15) is 4.79 Å². The van der Waals surface area contributed by atoms with Gasteiger partial charge < -0.3 is 23.5 Å². The summed E-state index contributed by atoms with van der Waals surface area (Å²) in [6.07, 6.45) is 4.43. The normalized spacial score (nSPS) is 14.5. The molecular weight excluding hydrogens is 444 g/mol. The fraction of sp³-hybridized carbons (Fsp3) is 0.417. The van der Waals surface area contributed by atoms with Crippen LogP contribution in [0.1, 0.15) is 13.3 Å². The van der Waals surface area contributed by atoms with Gasteiger partial charge in [-0.1, -0.05) is 11.6 Å². The van der Waals surface area contributed by atoms with Crippen molar-refractivity contribution in [1.29, 1.82) is 0 Å². The lowest BCUT2D eigenvalue weighted by atomic mass is 10.1. The highest BCUT2D eigenvalue weighted by Gasteiger charge is 2.19. The van der Waals surface area contributed by atoms with Crippen molar-refractivity contribution in [3.8, 4) is 22.8 Å². The van der Waals surface area contributed by atoms with Gasteiger partial charge in [-0.3, -0.25) is 9.69 Å². The fourth-order valence-electron chi connectivity index (χ4n) is 4.07. The summed E-state index contributed by atoms with van der Waals surface area (Å²) in [5, 5.41) is 0.506. The number of nitrogens with zero attached hydrogens (tertiary/aromatic N) is 4. The second kappa shape index (κ2) is 10.3. The molecule has 0 spiro atoms. The van der Waals surface area contributed by atoms with Crippen LogP contribution in [0.3, 0.4) is 0 Å². The van der Waals surface area contributed by atoms with Crippen LogP contribution in [-0.2, 0) is 9.53 Å². The molecule has 176 valence electrons. The van der Waals surface area contributed by atoms with Crippen LogP contribution in [0.4, 0.5) is 5.69 Å². The van der Waals surface area contributed by atoms with E-state index in [2.05, 4.69) is 21.9 Å². The molecule has 1 aromatic carbocycles. The molecule has 0 radical (unpaired) electrons. The van der Waals surface area contributed by atoms with Gasteiger partial charge in [-0.05, 0) is 19.1 Å². The zero-order valence-electron chi connectivity index (χ0n) is 19.2. The number of ether oxygens (including phenoxy) is 3. The van der Waals surface area contributed by atoms with E-state index in [1.54, 1.807) is 20.3 Å². The minimum absolute atomic E-state index is 0.129. The Bertz CT molecular complexity index is 1130. The van der Waals surface area contributed by atoms with Crippen LogP contribution < -0.4 is 14.4 Å². The van der Waals surface area contributed by atoms with Gasteiger partial charge in [0.25, 0.3) is 0 Å². The number of carbonyl (C=O) groups is 1. The number of carbonyl (C=O) groups excluding carboxylic acids is 1. The summed E-state index contributed by atoms with van der Waals surface area (Å²) in [6, 6.07) is 7.78. The molecule has 2 aromatic heterocycles. The number of anilines is 1. The number of imidazole rings is 1. The molecule has 8 nitrogen and oxygen atoms in total. The third-order valence-electron chi connectivity index (χ3n) is 5.87. The quantitative estimate of drug-likeness (QED) is 0.462. The standard InChI is InChI=1S/C24H29ClN4O4/c1-4-33-24(30)6-7-27-9-11-28(12-10-27)17-5-8-29-16-20(26-23(29)13-17)18-14-19(25)22(32-3)15-21(18)31-2/h5,8,13-16H,4,6-7,9-12H2,1-3H3. The molecule has 1 saturated heterocycles. The Morgan fingerprint density at radius 2 is 1.85 bits per heavy atom. The number of hydrogen-bond acceptors (Lipinski definition) is 7. The molecule has 9 heteroatoms. The van der Waals surface area contributed by atoms with Crippen LogP contribution in [0, 0.1) is 0 Å². The fourth-order valence-corrected chi connectivity index (χ4v) is 4.31. The maximum absolute atomic E-state index is 11.6. The van der Waals surface area contributed by atoms with Crippen molar-refractivity contribution in [2.45, 2.75) is 13.3 Å². The molecule has 3 aromatic rings. The lowest BCUT2D eigenvalue weighted by molar-refractivity contribution is -0.143. The van der Waals surface area contributed by atoms with E-state index in [4.69, 9.17) is 30.8 Å². The lowest BCUT2D eigenvalue weighted by Crippen LogP contribution is -2.47. The largest absolute Gasteiger partial charge is 0.496 e. The zero-order chi connectivity index (χ0) is 23.4. The van der Waals surface area contributed by atoms with E-state index in [-0.39, 0.29) is 5.97 Å². The first-order chi connectivity index (χ1) is 16.0. The van der Waals surface area contributed by atoms with Gasteiger partial charge in [-0.2, -0.15) is 0 Å². The van der Waals surface area contributed by atoms with Crippen LogP contribution in [0.15, 0.2) is 36.7 Å². The molecule has 4 rings (SSSR count). The molecule has 33 heavy (non-hydrogen) atoms. The first kappa shape index (κ1) is 23.2. The summed E-state index contributed by atoms with van der Waals surface area (Å²) in [6.45, 7) is 6.62. The molecule has 0 bridgehead atoms. The van der Waals surface area contributed by atoms with Crippen LogP contribution in [0.2, 0.25) is 5.02 Å². The van der Waals surface area contributed by atoms with Crippen molar-refractivity contribution < 1.29 is 19.0 Å². The number of methoxy groups -OCH3 is 2. The molecule has 0 saturated carbocycles. The second-order valence-corrected chi connectivity index (χ2v) is 8.25. The number of rotatable bonds is 8. The van der Waals surface area contributed by atoms with Gasteiger partial charge in [0, 0.05) is 68.5 Å². The Balaban J connectivity index is 1.47. The van der Waals surface area contributed by atoms with Crippen molar-refractivity contribution in [1.82, 2.24) is 14.3 Å². The average molecular weight is 473 g/mol. The van der Waals surface area contributed by atoms with Gasteiger partial charge in [0.05, 0.1) is 38.0 Å². The van der Waals surface area contributed by atoms with Gasteiger partial charge in [-0.15, -0.1) is 0 Å². The molecule has 3 heterocycles. The van der Waals surface area contributed by atoms with E-state index in [0.29, 0.717) is 29.5 Å². The van der Waals surface area contributed by atoms with Gasteiger partial charge in [0.15, 0.2) is 0 Å². The van der Waals surface area contributed by atoms with E-state index in [1.807, 2.05) is 29.8 Å². The van der Waals surface area contributed by atoms with Crippen LogP contribution >= 0.6 is 11.6 Å². The van der Waals surface area contributed by atoms with Crippen LogP contribution in [0.5, 0.6) is 11.5 Å². The van der Waals surface area contributed by atoms with Gasteiger partial charge in [-0.25, -0.2) is 4.98 Å². The number of aromatic nitrogens is 2. The smallest absolute Gasteiger partial charge is 0.307 e. The summed E-state index contributed by atoms with van der Waals surface area (Å²) >= 11 is 6.35. The van der Waals surface area contributed by atoms with E-state index in [0.717, 1.165) is 55.3 Å². The summed E-state index contributed by atoms with van der Waals surface area (Å²) in [5.74, 6) is 1.08. The van der Waals surface area contributed by atoms with Gasteiger partial charge in [0.2, 0.25) is 0 Å². The topological polar surface area (TPSA) is 68.5 Å². The highest BCUT2D eigenvalue weighted by Crippen LogP contribution is 2.38. The predicted molar refractivity (Wildman–Crippen MR) is 129 cm³/mol. The molecule has 0 N–H and O–H groups in total. The van der Waals surface area contributed by atoms with E-state index in [1.165, 1.54) is 0 Å². The lowest BCUT2D eigenvalue weighted by Gasteiger charge is -2.35. The Kier molecular flexibility index (Phi) is 7.25. The number of fused-ring (bicyclic) bond motifs is 1. The molecule has 1 aliphatic heterocycles. The maximum atomic E-state index is 11.6. The highest BCUT2D eigenvalue weighted by molar-refractivity contribution is 6.32. The number of piperazine rings is 1. The molecule has 0 amide bonds.